The molecule has 2 aromatic rings. The van der Waals surface area contributed by atoms with Crippen molar-refractivity contribution in [2.75, 3.05) is 6.61 Å². The SMILES string of the molecule is CC[C@H]1CC[C@H](C(=O)O)N1C(=O)OCC1c2ccccc2-c2ccccc21. The van der Waals surface area contributed by atoms with E-state index in [1.165, 1.54) is 16.0 Å². The van der Waals surface area contributed by atoms with Crippen molar-refractivity contribution < 1.29 is 19.4 Å². The van der Waals surface area contributed by atoms with Gasteiger partial charge < -0.3 is 9.84 Å². The fourth-order valence-electron chi connectivity index (χ4n) is 4.47. The lowest BCUT2D eigenvalue weighted by atomic mass is 9.98. The molecule has 0 unspecified atom stereocenters. The summed E-state index contributed by atoms with van der Waals surface area (Å²) in [6.07, 6.45) is 1.40. The van der Waals surface area contributed by atoms with Crippen molar-refractivity contribution in [1.29, 1.82) is 0 Å². The minimum Gasteiger partial charge on any atom is -0.480 e. The first-order valence-corrected chi connectivity index (χ1v) is 9.48. The van der Waals surface area contributed by atoms with E-state index in [-0.39, 0.29) is 18.6 Å². The van der Waals surface area contributed by atoms with E-state index in [1.54, 1.807) is 0 Å². The van der Waals surface area contributed by atoms with E-state index in [9.17, 15) is 14.7 Å². The highest BCUT2D eigenvalue weighted by atomic mass is 16.6. The van der Waals surface area contributed by atoms with Crippen LogP contribution in [0.2, 0.25) is 0 Å². The number of aliphatic carboxylic acids is 1. The van der Waals surface area contributed by atoms with Gasteiger partial charge in [0, 0.05) is 12.0 Å². The third-order valence-corrected chi connectivity index (χ3v) is 5.81. The Hall–Kier alpha value is -2.82. The summed E-state index contributed by atoms with van der Waals surface area (Å²) in [6.45, 7) is 2.19. The van der Waals surface area contributed by atoms with E-state index in [0.717, 1.165) is 17.5 Å². The summed E-state index contributed by atoms with van der Waals surface area (Å²) in [4.78, 5) is 25.7. The van der Waals surface area contributed by atoms with Gasteiger partial charge in [-0.1, -0.05) is 55.5 Å². The van der Waals surface area contributed by atoms with Crippen molar-refractivity contribution in [3.8, 4) is 11.1 Å². The quantitative estimate of drug-likeness (QED) is 0.879. The highest BCUT2D eigenvalue weighted by Crippen LogP contribution is 2.44. The zero-order valence-corrected chi connectivity index (χ0v) is 15.3. The van der Waals surface area contributed by atoms with Crippen LogP contribution in [-0.4, -0.2) is 40.8 Å². The molecule has 0 spiro atoms. The number of amides is 1. The van der Waals surface area contributed by atoms with E-state index >= 15 is 0 Å². The molecule has 2 atom stereocenters. The summed E-state index contributed by atoms with van der Waals surface area (Å²) in [5, 5.41) is 9.44. The van der Waals surface area contributed by atoms with Crippen LogP contribution < -0.4 is 0 Å². The van der Waals surface area contributed by atoms with Crippen molar-refractivity contribution in [2.45, 2.75) is 44.2 Å². The normalized spacial score (nSPS) is 21.0. The number of carboxylic acids is 1. The molecule has 5 nitrogen and oxygen atoms in total. The molecule has 1 aliphatic heterocycles. The van der Waals surface area contributed by atoms with E-state index in [1.807, 2.05) is 31.2 Å². The van der Waals surface area contributed by atoms with Crippen molar-refractivity contribution in [2.24, 2.45) is 0 Å². The van der Waals surface area contributed by atoms with Crippen LogP contribution in [0.1, 0.15) is 43.2 Å². The van der Waals surface area contributed by atoms with E-state index in [4.69, 9.17) is 4.74 Å². The molecule has 4 rings (SSSR count). The fraction of sp³-hybridized carbons (Fsp3) is 0.364. The molecule has 1 heterocycles. The lowest BCUT2D eigenvalue weighted by Gasteiger charge is -2.27. The van der Waals surface area contributed by atoms with Gasteiger partial charge in [-0.25, -0.2) is 9.59 Å². The van der Waals surface area contributed by atoms with E-state index < -0.39 is 18.1 Å². The molecule has 0 bridgehead atoms. The van der Waals surface area contributed by atoms with Gasteiger partial charge >= 0.3 is 12.1 Å². The standard InChI is InChI=1S/C22H23NO4/c1-2-14-11-12-20(21(24)25)23(14)22(26)27-13-19-17-9-5-3-7-15(17)16-8-4-6-10-18(16)19/h3-10,14,19-20H,2,11-13H2,1H3,(H,24,25)/t14-,20+/m0/s1. The molecule has 1 fully saturated rings. The largest absolute Gasteiger partial charge is 0.480 e. The Morgan fingerprint density at radius 3 is 2.19 bits per heavy atom. The molecule has 140 valence electrons. The third kappa shape index (κ3) is 2.97. The van der Waals surface area contributed by atoms with Gasteiger partial charge in [-0.2, -0.15) is 0 Å². The summed E-state index contributed by atoms with van der Waals surface area (Å²) < 4.78 is 5.66. The highest BCUT2D eigenvalue weighted by Gasteiger charge is 2.41. The molecular formula is C22H23NO4. The topological polar surface area (TPSA) is 66.8 Å². The molecule has 0 radical (unpaired) electrons. The third-order valence-electron chi connectivity index (χ3n) is 5.81. The lowest BCUT2D eigenvalue weighted by Crippen LogP contribution is -2.45. The van der Waals surface area contributed by atoms with Gasteiger partial charge in [0.05, 0.1) is 0 Å². The molecule has 0 saturated carbocycles. The monoisotopic (exact) mass is 365 g/mol. The molecule has 5 heteroatoms. The zero-order valence-electron chi connectivity index (χ0n) is 15.3. The van der Waals surface area contributed by atoms with Crippen LogP contribution >= 0.6 is 0 Å². The Labute approximate surface area is 158 Å². The summed E-state index contributed by atoms with van der Waals surface area (Å²) in [5.41, 5.74) is 4.64. The number of carbonyl (C=O) groups excluding carboxylic acids is 1. The number of carbonyl (C=O) groups is 2. The summed E-state index contributed by atoms with van der Waals surface area (Å²) in [5.74, 6) is -0.980. The van der Waals surface area contributed by atoms with Crippen LogP contribution in [0.4, 0.5) is 4.79 Å². The van der Waals surface area contributed by atoms with Gasteiger partial charge in [-0.05, 0) is 41.5 Å². The second kappa shape index (κ2) is 7.06. The van der Waals surface area contributed by atoms with Gasteiger partial charge in [0.2, 0.25) is 0 Å². The zero-order chi connectivity index (χ0) is 19.0. The average Bonchev–Trinajstić information content (AvgIpc) is 3.26. The second-order valence-electron chi connectivity index (χ2n) is 7.20. The number of benzene rings is 2. The van der Waals surface area contributed by atoms with Crippen LogP contribution in [0.25, 0.3) is 11.1 Å². The molecule has 27 heavy (non-hydrogen) atoms. The summed E-state index contributed by atoms with van der Waals surface area (Å²) in [6, 6.07) is 15.5. The maximum Gasteiger partial charge on any atom is 0.410 e. The summed E-state index contributed by atoms with van der Waals surface area (Å²) in [7, 11) is 0. The van der Waals surface area contributed by atoms with E-state index in [2.05, 4.69) is 24.3 Å². The molecule has 1 N–H and O–H groups in total. The van der Waals surface area contributed by atoms with Gasteiger partial charge in [0.25, 0.3) is 0 Å². The first-order chi connectivity index (χ1) is 13.1. The molecule has 0 aromatic heterocycles. The number of nitrogens with zero attached hydrogens (tertiary/aromatic N) is 1. The highest BCUT2D eigenvalue weighted by molar-refractivity contribution is 5.82. The van der Waals surface area contributed by atoms with Crippen molar-refractivity contribution in [3.63, 3.8) is 0 Å². The lowest BCUT2D eigenvalue weighted by molar-refractivity contribution is -0.142. The van der Waals surface area contributed by atoms with Gasteiger partial charge in [-0.3, -0.25) is 4.90 Å². The summed E-state index contributed by atoms with van der Waals surface area (Å²) >= 11 is 0. The maximum absolute atomic E-state index is 12.8. The molecule has 2 aromatic carbocycles. The number of carboxylic acid groups (broad SMARTS) is 1. The molecule has 1 aliphatic carbocycles. The second-order valence-corrected chi connectivity index (χ2v) is 7.20. The Morgan fingerprint density at radius 1 is 1.04 bits per heavy atom. The Morgan fingerprint density at radius 2 is 1.63 bits per heavy atom. The van der Waals surface area contributed by atoms with Crippen LogP contribution in [0.3, 0.4) is 0 Å². The molecule has 1 saturated heterocycles. The first kappa shape index (κ1) is 17.6. The number of ether oxygens (including phenoxy) is 1. The number of hydrogen-bond acceptors (Lipinski definition) is 3. The predicted octanol–water partition coefficient (Wildman–Crippen LogP) is 4.26. The number of hydrogen-bond donors (Lipinski definition) is 1. The predicted molar refractivity (Wildman–Crippen MR) is 102 cm³/mol. The van der Waals surface area contributed by atoms with Gasteiger partial charge in [0.15, 0.2) is 0 Å². The average molecular weight is 365 g/mol. The number of likely N-dealkylation sites (tertiary alicyclic amines) is 1. The van der Waals surface area contributed by atoms with E-state index in [0.29, 0.717) is 12.8 Å². The van der Waals surface area contributed by atoms with Gasteiger partial charge in [-0.15, -0.1) is 0 Å². The fourth-order valence-corrected chi connectivity index (χ4v) is 4.47. The Balaban J connectivity index is 1.55. The van der Waals surface area contributed by atoms with Crippen LogP contribution in [0, 0.1) is 0 Å². The minimum absolute atomic E-state index is 0.0210. The maximum atomic E-state index is 12.8. The Bertz CT molecular complexity index is 833. The Kier molecular flexibility index (Phi) is 4.60. The molecule has 2 aliphatic rings. The first-order valence-electron chi connectivity index (χ1n) is 9.48. The number of rotatable bonds is 4. The number of fused-ring (bicyclic) bond motifs is 3. The van der Waals surface area contributed by atoms with Gasteiger partial charge in [0.1, 0.15) is 12.6 Å². The molecule has 1 amide bonds. The molecular weight excluding hydrogens is 342 g/mol. The van der Waals surface area contributed by atoms with Crippen LogP contribution in [-0.2, 0) is 9.53 Å². The van der Waals surface area contributed by atoms with Crippen LogP contribution in [0.5, 0.6) is 0 Å². The van der Waals surface area contributed by atoms with Crippen molar-refractivity contribution in [3.05, 3.63) is 59.7 Å². The van der Waals surface area contributed by atoms with Crippen molar-refractivity contribution >= 4 is 12.1 Å². The smallest absolute Gasteiger partial charge is 0.410 e. The van der Waals surface area contributed by atoms with Crippen molar-refractivity contribution in [1.82, 2.24) is 4.90 Å². The minimum atomic E-state index is -0.959. The van der Waals surface area contributed by atoms with Crippen LogP contribution in [0.15, 0.2) is 48.5 Å².